The molecule has 0 saturated carbocycles. The van der Waals surface area contributed by atoms with Crippen LogP contribution in [0.15, 0.2) is 12.1 Å². The molecule has 0 unspecified atom stereocenters. The number of anilines is 2. The van der Waals surface area contributed by atoms with Gasteiger partial charge in [0.2, 0.25) is 0 Å². The van der Waals surface area contributed by atoms with E-state index in [1.54, 1.807) is 0 Å². The highest BCUT2D eigenvalue weighted by atomic mass is 16.2. The molecule has 1 aromatic carbocycles. The highest BCUT2D eigenvalue weighted by Crippen LogP contribution is 2.24. The fraction of sp³-hybridized carbons (Fsp3) is 0.364. The largest absolute Gasteiger partial charge is 0.398 e. The van der Waals surface area contributed by atoms with Gasteiger partial charge < -0.3 is 16.4 Å². The Hall–Kier alpha value is -1.71. The molecule has 1 aromatic rings. The summed E-state index contributed by atoms with van der Waals surface area (Å²) in [5.74, 6) is 0. The van der Waals surface area contributed by atoms with Crippen molar-refractivity contribution in [3.8, 4) is 0 Å². The van der Waals surface area contributed by atoms with Crippen LogP contribution in [0.4, 0.5) is 16.2 Å². The van der Waals surface area contributed by atoms with Crippen molar-refractivity contribution >= 4 is 17.4 Å². The van der Waals surface area contributed by atoms with Crippen molar-refractivity contribution in [3.63, 3.8) is 0 Å². The van der Waals surface area contributed by atoms with Crippen LogP contribution in [0.3, 0.4) is 0 Å². The zero-order chi connectivity index (χ0) is 11.4. The Balaban J connectivity index is 2.93. The van der Waals surface area contributed by atoms with Crippen molar-refractivity contribution in [2.75, 3.05) is 17.6 Å². The van der Waals surface area contributed by atoms with Gasteiger partial charge in [-0.2, -0.15) is 0 Å². The van der Waals surface area contributed by atoms with Gasteiger partial charge in [-0.3, -0.25) is 0 Å². The van der Waals surface area contributed by atoms with Crippen LogP contribution in [0.1, 0.15) is 18.1 Å². The fourth-order valence-corrected chi connectivity index (χ4v) is 1.37. The summed E-state index contributed by atoms with van der Waals surface area (Å²) in [6, 6.07) is 3.53. The first-order valence-corrected chi connectivity index (χ1v) is 4.96. The first-order valence-electron chi connectivity index (χ1n) is 4.96. The summed E-state index contributed by atoms with van der Waals surface area (Å²) in [5, 5.41) is 5.47. The van der Waals surface area contributed by atoms with E-state index in [1.165, 1.54) is 0 Å². The molecule has 4 N–H and O–H groups in total. The van der Waals surface area contributed by atoms with Crippen LogP contribution in [0.25, 0.3) is 0 Å². The van der Waals surface area contributed by atoms with Crippen LogP contribution < -0.4 is 16.4 Å². The zero-order valence-electron chi connectivity index (χ0n) is 9.35. The highest BCUT2D eigenvalue weighted by molar-refractivity contribution is 5.92. The minimum atomic E-state index is -0.200. The zero-order valence-corrected chi connectivity index (χ0v) is 9.35. The molecule has 0 aliphatic heterocycles. The number of rotatable bonds is 2. The molecular weight excluding hydrogens is 190 g/mol. The number of carbonyl (C=O) groups is 1. The lowest BCUT2D eigenvalue weighted by molar-refractivity contribution is 0.252. The van der Waals surface area contributed by atoms with Crippen LogP contribution in [0, 0.1) is 13.8 Å². The smallest absolute Gasteiger partial charge is 0.319 e. The number of carbonyl (C=O) groups excluding carboxylic acids is 1. The SMILES string of the molecule is CCNC(=O)Nc1c(C)ccc(N)c1C. The predicted molar refractivity (Wildman–Crippen MR) is 63.0 cm³/mol. The normalized spacial score (nSPS) is 9.80. The topological polar surface area (TPSA) is 67.2 Å². The highest BCUT2D eigenvalue weighted by Gasteiger charge is 2.08. The quantitative estimate of drug-likeness (QED) is 0.649. The van der Waals surface area contributed by atoms with Crippen LogP contribution in [0.2, 0.25) is 0 Å². The maximum Gasteiger partial charge on any atom is 0.319 e. The minimum Gasteiger partial charge on any atom is -0.398 e. The number of nitrogens with two attached hydrogens (primary N) is 1. The monoisotopic (exact) mass is 207 g/mol. The first kappa shape index (κ1) is 11.4. The van der Waals surface area contributed by atoms with E-state index in [1.807, 2.05) is 32.9 Å². The molecule has 4 nitrogen and oxygen atoms in total. The van der Waals surface area contributed by atoms with E-state index >= 15 is 0 Å². The maximum absolute atomic E-state index is 11.4. The molecule has 0 aliphatic carbocycles. The predicted octanol–water partition coefficient (Wildman–Crippen LogP) is 2.03. The number of nitrogen functional groups attached to an aromatic ring is 1. The Morgan fingerprint density at radius 1 is 1.40 bits per heavy atom. The Labute approximate surface area is 89.9 Å². The van der Waals surface area contributed by atoms with E-state index in [0.717, 1.165) is 16.8 Å². The Kier molecular flexibility index (Phi) is 3.55. The molecule has 0 spiro atoms. The molecule has 0 heterocycles. The van der Waals surface area contributed by atoms with Gasteiger partial charge in [-0.1, -0.05) is 6.07 Å². The van der Waals surface area contributed by atoms with Gasteiger partial charge in [-0.25, -0.2) is 4.79 Å². The second kappa shape index (κ2) is 4.68. The van der Waals surface area contributed by atoms with E-state index < -0.39 is 0 Å². The third kappa shape index (κ3) is 2.62. The van der Waals surface area contributed by atoms with Crippen molar-refractivity contribution in [3.05, 3.63) is 23.3 Å². The molecule has 4 heteroatoms. The van der Waals surface area contributed by atoms with Crippen molar-refractivity contribution in [2.45, 2.75) is 20.8 Å². The second-order valence-electron chi connectivity index (χ2n) is 3.46. The summed E-state index contributed by atoms with van der Waals surface area (Å²) in [7, 11) is 0. The van der Waals surface area contributed by atoms with Crippen molar-refractivity contribution < 1.29 is 4.79 Å². The number of benzene rings is 1. The molecule has 15 heavy (non-hydrogen) atoms. The minimum absolute atomic E-state index is 0.200. The Morgan fingerprint density at radius 2 is 2.07 bits per heavy atom. The second-order valence-corrected chi connectivity index (χ2v) is 3.46. The number of hydrogen-bond acceptors (Lipinski definition) is 2. The number of aryl methyl sites for hydroxylation is 1. The fourth-order valence-electron chi connectivity index (χ4n) is 1.37. The van der Waals surface area contributed by atoms with Crippen molar-refractivity contribution in [1.29, 1.82) is 0 Å². The Bertz CT molecular complexity index is 374. The molecule has 82 valence electrons. The number of nitrogens with one attached hydrogen (secondary N) is 2. The van der Waals surface area contributed by atoms with Gasteiger partial charge in [0.1, 0.15) is 0 Å². The van der Waals surface area contributed by atoms with Gasteiger partial charge in [-0.05, 0) is 38.0 Å². The van der Waals surface area contributed by atoms with Crippen molar-refractivity contribution in [2.24, 2.45) is 0 Å². The van der Waals surface area contributed by atoms with Gasteiger partial charge in [0.25, 0.3) is 0 Å². The average Bonchev–Trinajstić information content (AvgIpc) is 2.19. The summed E-state index contributed by atoms with van der Waals surface area (Å²) in [6.45, 7) is 6.31. The standard InChI is InChI=1S/C11H17N3O/c1-4-13-11(15)14-10-7(2)5-6-9(12)8(10)3/h5-6H,4,12H2,1-3H3,(H2,13,14,15). The molecule has 2 amide bonds. The molecule has 0 atom stereocenters. The van der Waals surface area contributed by atoms with Crippen LogP contribution >= 0.6 is 0 Å². The van der Waals surface area contributed by atoms with E-state index in [2.05, 4.69) is 10.6 Å². The summed E-state index contributed by atoms with van der Waals surface area (Å²) >= 11 is 0. The van der Waals surface area contributed by atoms with Crippen LogP contribution in [-0.2, 0) is 0 Å². The van der Waals surface area contributed by atoms with Gasteiger partial charge in [0.05, 0.1) is 5.69 Å². The number of urea groups is 1. The third-order valence-corrected chi connectivity index (χ3v) is 2.29. The Morgan fingerprint density at radius 3 is 2.67 bits per heavy atom. The number of hydrogen-bond donors (Lipinski definition) is 3. The van der Waals surface area contributed by atoms with Crippen LogP contribution in [0.5, 0.6) is 0 Å². The van der Waals surface area contributed by atoms with E-state index in [0.29, 0.717) is 12.2 Å². The van der Waals surface area contributed by atoms with E-state index in [-0.39, 0.29) is 6.03 Å². The summed E-state index contributed by atoms with van der Waals surface area (Å²) in [5.41, 5.74) is 9.16. The maximum atomic E-state index is 11.4. The van der Waals surface area contributed by atoms with Crippen LogP contribution in [-0.4, -0.2) is 12.6 Å². The lowest BCUT2D eigenvalue weighted by Gasteiger charge is -2.13. The molecule has 0 radical (unpaired) electrons. The number of amides is 2. The van der Waals surface area contributed by atoms with E-state index in [4.69, 9.17) is 5.73 Å². The third-order valence-electron chi connectivity index (χ3n) is 2.29. The first-order chi connectivity index (χ1) is 7.06. The molecule has 0 aromatic heterocycles. The summed E-state index contributed by atoms with van der Waals surface area (Å²) in [6.07, 6.45) is 0. The molecule has 0 bridgehead atoms. The lowest BCUT2D eigenvalue weighted by Crippen LogP contribution is -2.28. The van der Waals surface area contributed by atoms with Crippen molar-refractivity contribution in [1.82, 2.24) is 5.32 Å². The van der Waals surface area contributed by atoms with Gasteiger partial charge in [0, 0.05) is 12.2 Å². The summed E-state index contributed by atoms with van der Waals surface area (Å²) < 4.78 is 0. The van der Waals surface area contributed by atoms with Gasteiger partial charge in [-0.15, -0.1) is 0 Å². The average molecular weight is 207 g/mol. The molecule has 0 aliphatic rings. The van der Waals surface area contributed by atoms with Gasteiger partial charge in [0.15, 0.2) is 0 Å². The molecule has 0 fully saturated rings. The summed E-state index contributed by atoms with van der Waals surface area (Å²) in [4.78, 5) is 11.4. The molecule has 1 rings (SSSR count). The molecular formula is C11H17N3O. The van der Waals surface area contributed by atoms with Gasteiger partial charge >= 0.3 is 6.03 Å². The molecule has 0 saturated heterocycles. The van der Waals surface area contributed by atoms with E-state index in [9.17, 15) is 4.79 Å². The lowest BCUT2D eigenvalue weighted by atomic mass is 10.1.